The highest BCUT2D eigenvalue weighted by molar-refractivity contribution is 7.92. The summed E-state index contributed by atoms with van der Waals surface area (Å²) < 4.78 is 34.6. The number of fused-ring (bicyclic) bond motifs is 1. The SMILES string of the molecule is CCCN(c1ccc2sc(C(=O)Nc3ccc(OCC)cc3)cc2c1)S(=O)(=O)c1ccc(C)cc1. The normalized spacial score (nSPS) is 11.4. The number of sulfonamides is 1. The van der Waals surface area contributed by atoms with Gasteiger partial charge in [-0.1, -0.05) is 24.6 Å². The summed E-state index contributed by atoms with van der Waals surface area (Å²) in [6.45, 7) is 6.73. The molecule has 1 N–H and O–H groups in total. The van der Waals surface area contributed by atoms with E-state index in [2.05, 4.69) is 5.32 Å². The van der Waals surface area contributed by atoms with Gasteiger partial charge in [-0.3, -0.25) is 9.10 Å². The minimum Gasteiger partial charge on any atom is -0.494 e. The molecule has 0 aliphatic carbocycles. The fourth-order valence-electron chi connectivity index (χ4n) is 3.72. The Kier molecular flexibility index (Phi) is 7.42. The van der Waals surface area contributed by atoms with Crippen LogP contribution in [0.5, 0.6) is 5.75 Å². The molecule has 3 aromatic carbocycles. The fourth-order valence-corrected chi connectivity index (χ4v) is 6.21. The first-order valence-corrected chi connectivity index (χ1v) is 13.7. The lowest BCUT2D eigenvalue weighted by molar-refractivity contribution is 0.103. The van der Waals surface area contributed by atoms with E-state index in [4.69, 9.17) is 4.74 Å². The Balaban J connectivity index is 1.60. The van der Waals surface area contributed by atoms with E-state index in [1.165, 1.54) is 15.6 Å². The number of thiophene rings is 1. The smallest absolute Gasteiger partial charge is 0.265 e. The van der Waals surface area contributed by atoms with Crippen LogP contribution in [0.15, 0.2) is 77.7 Å². The summed E-state index contributed by atoms with van der Waals surface area (Å²) in [5.74, 6) is 0.534. The number of ether oxygens (including phenoxy) is 1. The second-order valence-corrected chi connectivity index (χ2v) is 11.1. The van der Waals surface area contributed by atoms with E-state index in [-0.39, 0.29) is 10.8 Å². The number of anilines is 2. The minimum absolute atomic E-state index is 0.213. The van der Waals surface area contributed by atoms with Crippen LogP contribution in [0.1, 0.15) is 35.5 Å². The van der Waals surface area contributed by atoms with Crippen molar-refractivity contribution in [3.63, 3.8) is 0 Å². The molecular formula is C27H28N2O4S2. The van der Waals surface area contributed by atoms with Crippen LogP contribution in [0, 0.1) is 6.92 Å². The molecule has 35 heavy (non-hydrogen) atoms. The molecule has 0 spiro atoms. The quantitative estimate of drug-likeness (QED) is 0.281. The minimum atomic E-state index is -3.71. The molecule has 0 saturated heterocycles. The molecule has 0 bridgehead atoms. The number of nitrogens with zero attached hydrogens (tertiary/aromatic N) is 1. The lowest BCUT2D eigenvalue weighted by Gasteiger charge is -2.24. The highest BCUT2D eigenvalue weighted by Gasteiger charge is 2.25. The van der Waals surface area contributed by atoms with Crippen molar-refractivity contribution in [2.75, 3.05) is 22.8 Å². The zero-order chi connectivity index (χ0) is 25.0. The van der Waals surface area contributed by atoms with Crippen molar-refractivity contribution in [1.82, 2.24) is 0 Å². The number of aryl methyl sites for hydroxylation is 1. The van der Waals surface area contributed by atoms with Gasteiger partial charge in [-0.25, -0.2) is 8.42 Å². The molecule has 0 aliphatic rings. The molecule has 0 aliphatic heterocycles. The molecule has 182 valence electrons. The maximum absolute atomic E-state index is 13.4. The van der Waals surface area contributed by atoms with Crippen LogP contribution in [0.2, 0.25) is 0 Å². The Morgan fingerprint density at radius 2 is 1.69 bits per heavy atom. The summed E-state index contributed by atoms with van der Waals surface area (Å²) in [6, 6.07) is 21.4. The van der Waals surface area contributed by atoms with Gasteiger partial charge >= 0.3 is 0 Å². The predicted octanol–water partition coefficient (Wildman–Crippen LogP) is 6.47. The van der Waals surface area contributed by atoms with E-state index in [0.717, 1.165) is 21.4 Å². The van der Waals surface area contributed by atoms with Gasteiger partial charge in [-0.2, -0.15) is 0 Å². The molecule has 0 saturated carbocycles. The highest BCUT2D eigenvalue weighted by Crippen LogP contribution is 2.32. The van der Waals surface area contributed by atoms with E-state index >= 15 is 0 Å². The van der Waals surface area contributed by atoms with E-state index in [1.54, 1.807) is 48.5 Å². The number of hydrogen-bond donors (Lipinski definition) is 1. The number of carbonyl (C=O) groups excluding carboxylic acids is 1. The molecule has 0 radical (unpaired) electrons. The topological polar surface area (TPSA) is 75.7 Å². The second-order valence-electron chi connectivity index (χ2n) is 8.13. The van der Waals surface area contributed by atoms with Crippen molar-refractivity contribution >= 4 is 48.7 Å². The van der Waals surface area contributed by atoms with Crippen LogP contribution in [0.4, 0.5) is 11.4 Å². The van der Waals surface area contributed by atoms with E-state index in [0.29, 0.717) is 35.8 Å². The Morgan fingerprint density at radius 3 is 2.34 bits per heavy atom. The first kappa shape index (κ1) is 24.8. The number of amides is 1. The Hall–Kier alpha value is -3.36. The van der Waals surface area contributed by atoms with Crippen molar-refractivity contribution in [2.45, 2.75) is 32.1 Å². The van der Waals surface area contributed by atoms with Crippen LogP contribution >= 0.6 is 11.3 Å². The summed E-state index contributed by atoms with van der Waals surface area (Å²) in [6.07, 6.45) is 0.669. The molecule has 0 unspecified atom stereocenters. The maximum Gasteiger partial charge on any atom is 0.265 e. The molecule has 8 heteroatoms. The number of nitrogens with one attached hydrogen (secondary N) is 1. The van der Waals surface area contributed by atoms with Gasteiger partial charge in [0.25, 0.3) is 15.9 Å². The molecule has 1 aromatic heterocycles. The Morgan fingerprint density at radius 1 is 0.971 bits per heavy atom. The molecule has 1 amide bonds. The van der Waals surface area contributed by atoms with Gasteiger partial charge in [-0.15, -0.1) is 11.3 Å². The summed E-state index contributed by atoms with van der Waals surface area (Å²) in [5.41, 5.74) is 2.26. The van der Waals surface area contributed by atoms with E-state index in [1.807, 2.05) is 45.0 Å². The van der Waals surface area contributed by atoms with Crippen LogP contribution in [0.25, 0.3) is 10.1 Å². The van der Waals surface area contributed by atoms with Gasteiger partial charge in [0.2, 0.25) is 0 Å². The zero-order valence-electron chi connectivity index (χ0n) is 19.9. The molecule has 1 heterocycles. The van der Waals surface area contributed by atoms with Gasteiger partial charge in [0.1, 0.15) is 5.75 Å². The van der Waals surface area contributed by atoms with Crippen LogP contribution in [-0.4, -0.2) is 27.5 Å². The summed E-state index contributed by atoms with van der Waals surface area (Å²) in [4.78, 5) is 13.7. The fraction of sp³-hybridized carbons (Fsp3) is 0.222. The molecule has 4 aromatic rings. The first-order valence-electron chi connectivity index (χ1n) is 11.5. The first-order chi connectivity index (χ1) is 16.8. The standard InChI is InChI=1S/C27H28N2O4S2/c1-4-16-29(35(31,32)24-13-6-19(3)7-14-24)22-10-15-25-20(17-22)18-26(34-25)27(30)28-21-8-11-23(12-9-21)33-5-2/h6-15,17-18H,4-5,16H2,1-3H3,(H,28,30). The third-order valence-electron chi connectivity index (χ3n) is 5.47. The number of hydrogen-bond acceptors (Lipinski definition) is 5. The van der Waals surface area contributed by atoms with Crippen LogP contribution < -0.4 is 14.4 Å². The number of rotatable bonds is 9. The second kappa shape index (κ2) is 10.5. The van der Waals surface area contributed by atoms with Crippen LogP contribution in [-0.2, 0) is 10.0 Å². The highest BCUT2D eigenvalue weighted by atomic mass is 32.2. The maximum atomic E-state index is 13.4. The van der Waals surface area contributed by atoms with Crippen molar-refractivity contribution in [3.8, 4) is 5.75 Å². The predicted molar refractivity (Wildman–Crippen MR) is 143 cm³/mol. The third kappa shape index (κ3) is 5.49. The lowest BCUT2D eigenvalue weighted by atomic mass is 10.2. The molecular weight excluding hydrogens is 480 g/mol. The summed E-state index contributed by atoms with van der Waals surface area (Å²) >= 11 is 1.37. The summed E-state index contributed by atoms with van der Waals surface area (Å²) in [5, 5.41) is 3.73. The molecule has 0 fully saturated rings. The third-order valence-corrected chi connectivity index (χ3v) is 8.43. The van der Waals surface area contributed by atoms with Crippen molar-refractivity contribution < 1.29 is 17.9 Å². The van der Waals surface area contributed by atoms with Gasteiger partial charge < -0.3 is 10.1 Å². The van der Waals surface area contributed by atoms with Crippen LogP contribution in [0.3, 0.4) is 0 Å². The zero-order valence-corrected chi connectivity index (χ0v) is 21.6. The van der Waals surface area contributed by atoms with Crippen molar-refractivity contribution in [2.24, 2.45) is 0 Å². The Bertz CT molecular complexity index is 1430. The molecule has 4 rings (SSSR count). The van der Waals surface area contributed by atoms with E-state index in [9.17, 15) is 13.2 Å². The number of carbonyl (C=O) groups is 1. The van der Waals surface area contributed by atoms with Gasteiger partial charge in [0.15, 0.2) is 0 Å². The van der Waals surface area contributed by atoms with Gasteiger partial charge in [-0.05, 0) is 86.3 Å². The number of benzene rings is 3. The molecule has 0 atom stereocenters. The monoisotopic (exact) mass is 508 g/mol. The lowest BCUT2D eigenvalue weighted by Crippen LogP contribution is -2.31. The van der Waals surface area contributed by atoms with Crippen molar-refractivity contribution in [3.05, 3.63) is 83.2 Å². The van der Waals surface area contributed by atoms with E-state index < -0.39 is 10.0 Å². The van der Waals surface area contributed by atoms with Crippen molar-refractivity contribution in [1.29, 1.82) is 0 Å². The summed E-state index contributed by atoms with van der Waals surface area (Å²) in [7, 11) is -3.71. The average molecular weight is 509 g/mol. The average Bonchev–Trinajstić information content (AvgIpc) is 3.28. The molecule has 6 nitrogen and oxygen atoms in total. The van der Waals surface area contributed by atoms with Gasteiger partial charge in [0.05, 0.1) is 22.1 Å². The largest absolute Gasteiger partial charge is 0.494 e. The Labute approximate surface area is 210 Å². The van der Waals surface area contributed by atoms with Gasteiger partial charge in [0, 0.05) is 16.9 Å².